The fourth-order valence-corrected chi connectivity index (χ4v) is 2.34. The van der Waals surface area contributed by atoms with E-state index < -0.39 is 0 Å². The van der Waals surface area contributed by atoms with Gasteiger partial charge in [-0.05, 0) is 16.3 Å². The van der Waals surface area contributed by atoms with Crippen LogP contribution in [0.15, 0.2) is 18.7 Å². The first-order valence-electron chi connectivity index (χ1n) is 5.96. The minimum absolute atomic E-state index is 0.536. The Balaban J connectivity index is 1.68. The Morgan fingerprint density at radius 3 is 2.59 bits per heavy atom. The van der Waals surface area contributed by atoms with Crippen LogP contribution in [0.25, 0.3) is 0 Å². The zero-order valence-corrected chi connectivity index (χ0v) is 9.55. The number of aromatic nitrogens is 7. The van der Waals surface area contributed by atoms with Crippen LogP contribution in [0.3, 0.4) is 0 Å². The van der Waals surface area contributed by atoms with Crippen molar-refractivity contribution in [3.8, 4) is 0 Å². The number of hydrogen-bond acceptors (Lipinski definition) is 5. The summed E-state index contributed by atoms with van der Waals surface area (Å²) < 4.78 is 3.70. The predicted molar refractivity (Wildman–Crippen MR) is 58.7 cm³/mol. The predicted octanol–water partition coefficient (Wildman–Crippen LogP) is 0.381. The molecule has 0 spiro atoms. The van der Waals surface area contributed by atoms with Gasteiger partial charge in [-0.2, -0.15) is 0 Å². The largest absolute Gasteiger partial charge is 0.252 e. The van der Waals surface area contributed by atoms with Gasteiger partial charge in [0.1, 0.15) is 6.33 Å². The molecule has 7 nitrogen and oxygen atoms in total. The van der Waals surface area contributed by atoms with Crippen LogP contribution < -0.4 is 0 Å². The van der Waals surface area contributed by atoms with E-state index in [4.69, 9.17) is 0 Å². The Kier molecular flexibility index (Phi) is 2.81. The summed E-state index contributed by atoms with van der Waals surface area (Å²) in [6, 6.07) is 0. The van der Waals surface area contributed by atoms with Crippen LogP contribution in [0.1, 0.15) is 19.3 Å². The van der Waals surface area contributed by atoms with Crippen molar-refractivity contribution in [2.45, 2.75) is 32.4 Å². The van der Waals surface area contributed by atoms with E-state index in [-0.39, 0.29) is 0 Å². The van der Waals surface area contributed by atoms with Crippen molar-refractivity contribution in [3.63, 3.8) is 0 Å². The Hall–Kier alpha value is -1.79. The van der Waals surface area contributed by atoms with Crippen molar-refractivity contribution in [3.05, 3.63) is 18.7 Å². The highest BCUT2D eigenvalue weighted by Gasteiger charge is 2.28. The van der Waals surface area contributed by atoms with Gasteiger partial charge in [0.05, 0.1) is 6.20 Å². The quantitative estimate of drug-likeness (QED) is 0.746. The molecule has 0 saturated heterocycles. The molecule has 1 aliphatic rings. The second-order valence-electron chi connectivity index (χ2n) is 4.61. The highest BCUT2D eigenvalue weighted by atomic mass is 15.5. The normalized spacial score (nSPS) is 17.9. The van der Waals surface area contributed by atoms with Gasteiger partial charge >= 0.3 is 0 Å². The van der Waals surface area contributed by atoms with Gasteiger partial charge in [-0.25, -0.2) is 4.68 Å². The van der Waals surface area contributed by atoms with E-state index in [0.717, 1.165) is 19.0 Å². The minimum atomic E-state index is 0.536. The molecule has 0 bridgehead atoms. The van der Waals surface area contributed by atoms with Crippen molar-refractivity contribution in [1.82, 2.24) is 35.2 Å². The van der Waals surface area contributed by atoms with Gasteiger partial charge < -0.3 is 0 Å². The summed E-state index contributed by atoms with van der Waals surface area (Å²) in [6.45, 7) is 1.75. The van der Waals surface area contributed by atoms with Gasteiger partial charge in [0.15, 0.2) is 0 Å². The lowest BCUT2D eigenvalue weighted by Crippen LogP contribution is -2.30. The Morgan fingerprint density at radius 1 is 1.12 bits per heavy atom. The maximum absolute atomic E-state index is 4.03. The van der Waals surface area contributed by atoms with E-state index in [1.165, 1.54) is 19.3 Å². The topological polar surface area (TPSA) is 74.3 Å². The second kappa shape index (κ2) is 4.60. The highest BCUT2D eigenvalue weighted by Crippen LogP contribution is 2.34. The van der Waals surface area contributed by atoms with Crippen LogP contribution in [0.5, 0.6) is 0 Å². The van der Waals surface area contributed by atoms with E-state index in [1.807, 2.05) is 10.9 Å². The molecular formula is C10H15N7. The molecule has 0 N–H and O–H groups in total. The molecule has 2 heterocycles. The van der Waals surface area contributed by atoms with Crippen LogP contribution in [-0.2, 0) is 13.1 Å². The van der Waals surface area contributed by atoms with E-state index >= 15 is 0 Å². The molecule has 17 heavy (non-hydrogen) atoms. The third-order valence-corrected chi connectivity index (χ3v) is 3.52. The van der Waals surface area contributed by atoms with Gasteiger partial charge in [-0.1, -0.05) is 24.5 Å². The standard InChI is InChI=1S/C10H15N7/c1-2-9(3-1)10(6-16-5-4-11-14-16)7-17-8-12-13-15-17/h4-5,8-10H,1-3,6-7H2. The summed E-state index contributed by atoms with van der Waals surface area (Å²) in [5, 5.41) is 19.2. The Bertz CT molecular complexity index is 395. The van der Waals surface area contributed by atoms with E-state index in [9.17, 15) is 0 Å². The molecule has 1 aliphatic carbocycles. The summed E-state index contributed by atoms with van der Waals surface area (Å²) in [5.41, 5.74) is 0. The zero-order chi connectivity index (χ0) is 11.5. The van der Waals surface area contributed by atoms with Crippen molar-refractivity contribution >= 4 is 0 Å². The first-order chi connectivity index (χ1) is 8.42. The van der Waals surface area contributed by atoms with Crippen LogP contribution in [-0.4, -0.2) is 35.2 Å². The molecule has 0 amide bonds. The summed E-state index contributed by atoms with van der Waals surface area (Å²) in [4.78, 5) is 0. The smallest absolute Gasteiger partial charge is 0.138 e. The Labute approximate surface area is 98.8 Å². The molecule has 1 atom stereocenters. The highest BCUT2D eigenvalue weighted by molar-refractivity contribution is 4.79. The lowest BCUT2D eigenvalue weighted by atomic mass is 9.76. The molecule has 2 aromatic heterocycles. The molecule has 1 fully saturated rings. The fraction of sp³-hybridized carbons (Fsp3) is 0.700. The molecule has 2 aromatic rings. The fourth-order valence-electron chi connectivity index (χ4n) is 2.34. The van der Waals surface area contributed by atoms with Crippen LogP contribution in [0.4, 0.5) is 0 Å². The van der Waals surface area contributed by atoms with Gasteiger partial charge in [-0.3, -0.25) is 4.68 Å². The van der Waals surface area contributed by atoms with Gasteiger partial charge in [-0.15, -0.1) is 10.2 Å². The molecule has 1 unspecified atom stereocenters. The molecule has 7 heteroatoms. The molecule has 3 rings (SSSR count). The lowest BCUT2D eigenvalue weighted by molar-refractivity contribution is 0.156. The van der Waals surface area contributed by atoms with Crippen LogP contribution in [0, 0.1) is 11.8 Å². The third kappa shape index (κ3) is 2.32. The second-order valence-corrected chi connectivity index (χ2v) is 4.61. The van der Waals surface area contributed by atoms with Gasteiger partial charge in [0.2, 0.25) is 0 Å². The molecular weight excluding hydrogens is 218 g/mol. The first kappa shape index (κ1) is 10.4. The number of nitrogens with zero attached hydrogens (tertiary/aromatic N) is 7. The van der Waals surface area contributed by atoms with Crippen molar-refractivity contribution in [1.29, 1.82) is 0 Å². The first-order valence-corrected chi connectivity index (χ1v) is 5.96. The molecule has 0 aromatic carbocycles. The number of tetrazole rings is 1. The molecule has 90 valence electrons. The minimum Gasteiger partial charge on any atom is -0.252 e. The zero-order valence-electron chi connectivity index (χ0n) is 9.55. The maximum Gasteiger partial charge on any atom is 0.138 e. The van der Waals surface area contributed by atoms with E-state index in [0.29, 0.717) is 5.92 Å². The molecule has 0 aliphatic heterocycles. The van der Waals surface area contributed by atoms with Crippen molar-refractivity contribution in [2.24, 2.45) is 11.8 Å². The molecule has 1 saturated carbocycles. The molecule has 0 radical (unpaired) electrons. The van der Waals surface area contributed by atoms with Crippen molar-refractivity contribution < 1.29 is 0 Å². The average molecular weight is 233 g/mol. The van der Waals surface area contributed by atoms with Gasteiger partial charge in [0.25, 0.3) is 0 Å². The third-order valence-electron chi connectivity index (χ3n) is 3.52. The van der Waals surface area contributed by atoms with Gasteiger partial charge in [0, 0.05) is 25.2 Å². The lowest BCUT2D eigenvalue weighted by Gasteiger charge is -2.33. The SMILES string of the molecule is c1cn(CC(Cn2cnnn2)C2CCC2)nn1. The summed E-state index contributed by atoms with van der Waals surface area (Å²) in [7, 11) is 0. The van der Waals surface area contributed by atoms with E-state index in [1.54, 1.807) is 17.2 Å². The monoisotopic (exact) mass is 233 g/mol. The number of rotatable bonds is 5. The van der Waals surface area contributed by atoms with Crippen LogP contribution >= 0.6 is 0 Å². The van der Waals surface area contributed by atoms with Crippen molar-refractivity contribution in [2.75, 3.05) is 0 Å². The number of hydrogen-bond donors (Lipinski definition) is 0. The summed E-state index contributed by atoms with van der Waals surface area (Å²) in [6.07, 6.45) is 9.25. The summed E-state index contributed by atoms with van der Waals surface area (Å²) in [5.74, 6) is 1.30. The maximum atomic E-state index is 4.03. The average Bonchev–Trinajstić information content (AvgIpc) is 2.87. The van der Waals surface area contributed by atoms with Crippen LogP contribution in [0.2, 0.25) is 0 Å². The Morgan fingerprint density at radius 2 is 2.00 bits per heavy atom. The summed E-state index contributed by atoms with van der Waals surface area (Å²) >= 11 is 0. The van der Waals surface area contributed by atoms with E-state index in [2.05, 4.69) is 25.8 Å².